The van der Waals surface area contributed by atoms with E-state index in [0.29, 0.717) is 5.57 Å². The van der Waals surface area contributed by atoms with Crippen molar-refractivity contribution >= 4 is 18.0 Å². The molecule has 172 valence electrons. The summed E-state index contributed by atoms with van der Waals surface area (Å²) in [7, 11) is 1.66. The van der Waals surface area contributed by atoms with Crippen LogP contribution in [0.15, 0.2) is 24.3 Å². The minimum atomic E-state index is -0.896. The van der Waals surface area contributed by atoms with E-state index < -0.39 is 29.1 Å². The van der Waals surface area contributed by atoms with Gasteiger partial charge < -0.3 is 19.7 Å². The van der Waals surface area contributed by atoms with Crippen molar-refractivity contribution in [2.24, 2.45) is 11.3 Å². The molecule has 7 heteroatoms. The van der Waals surface area contributed by atoms with E-state index in [1.165, 1.54) is 0 Å². The number of hydrogen-bond donors (Lipinski definition) is 1. The van der Waals surface area contributed by atoms with Gasteiger partial charge in [0.25, 0.3) is 0 Å². The lowest BCUT2D eigenvalue weighted by Crippen LogP contribution is -2.57. The van der Waals surface area contributed by atoms with E-state index in [2.05, 4.69) is 11.9 Å². The van der Waals surface area contributed by atoms with E-state index in [1.54, 1.807) is 58.7 Å². The van der Waals surface area contributed by atoms with E-state index in [4.69, 9.17) is 9.47 Å². The Labute approximate surface area is 181 Å². The van der Waals surface area contributed by atoms with Crippen molar-refractivity contribution in [1.82, 2.24) is 10.2 Å². The maximum atomic E-state index is 13.4. The van der Waals surface area contributed by atoms with Gasteiger partial charge in [-0.3, -0.25) is 4.79 Å². The van der Waals surface area contributed by atoms with Crippen LogP contribution >= 0.6 is 0 Å². The fourth-order valence-electron chi connectivity index (χ4n) is 2.78. The van der Waals surface area contributed by atoms with Gasteiger partial charge in [-0.25, -0.2) is 9.59 Å². The normalized spacial score (nSPS) is 14.6. The van der Waals surface area contributed by atoms with E-state index in [0.717, 1.165) is 0 Å². The predicted molar refractivity (Wildman–Crippen MR) is 119 cm³/mol. The van der Waals surface area contributed by atoms with Crippen LogP contribution in [-0.2, 0) is 19.1 Å². The zero-order chi connectivity index (χ0) is 23.9. The lowest BCUT2D eigenvalue weighted by Gasteiger charge is -2.38. The average molecular weight is 425 g/mol. The fourth-order valence-corrected chi connectivity index (χ4v) is 2.78. The van der Waals surface area contributed by atoms with Gasteiger partial charge in [-0.1, -0.05) is 39.8 Å². The third kappa shape index (κ3) is 8.59. The molecule has 0 spiro atoms. The highest BCUT2D eigenvalue weighted by Crippen LogP contribution is 2.26. The molecule has 0 aliphatic carbocycles. The molecule has 0 aromatic heterocycles. The fraction of sp³-hybridized carbons (Fsp3) is 0.696. The lowest BCUT2D eigenvalue weighted by atomic mass is 9.83. The van der Waals surface area contributed by atoms with Crippen molar-refractivity contribution in [3.05, 3.63) is 24.3 Å². The molecule has 0 bridgehead atoms. The Balaban J connectivity index is 5.87. The second kappa shape index (κ2) is 11.2. The molecule has 0 aromatic rings. The second-order valence-electron chi connectivity index (χ2n) is 9.36. The molecule has 7 nitrogen and oxygen atoms in total. The topological polar surface area (TPSA) is 84.9 Å². The molecule has 0 rings (SSSR count). The molecular weight excluding hydrogens is 384 g/mol. The Morgan fingerprint density at radius 1 is 1.13 bits per heavy atom. The largest absolute Gasteiger partial charge is 0.463 e. The highest BCUT2D eigenvalue weighted by Gasteiger charge is 2.39. The molecule has 2 amide bonds. The van der Waals surface area contributed by atoms with Crippen molar-refractivity contribution in [1.29, 1.82) is 0 Å². The van der Waals surface area contributed by atoms with Gasteiger partial charge in [0.1, 0.15) is 11.6 Å². The first-order valence-corrected chi connectivity index (χ1v) is 10.3. The SMILES string of the molecule is C=CC(C)(C)[C@H](NC(=O)OC(C)(C)C)C(=O)N(C)[C@H](C=C(C)C(=O)OCC)C(C)C. The van der Waals surface area contributed by atoms with Crippen LogP contribution < -0.4 is 5.32 Å². The number of carbonyl (C=O) groups is 3. The van der Waals surface area contributed by atoms with Gasteiger partial charge in [-0.2, -0.15) is 0 Å². The first kappa shape index (κ1) is 27.7. The van der Waals surface area contributed by atoms with Crippen molar-refractivity contribution < 1.29 is 23.9 Å². The highest BCUT2D eigenvalue weighted by molar-refractivity contribution is 5.89. The highest BCUT2D eigenvalue weighted by atomic mass is 16.6. The Bertz CT molecular complexity index is 659. The number of nitrogens with one attached hydrogen (secondary N) is 1. The maximum Gasteiger partial charge on any atom is 0.408 e. The molecule has 2 atom stereocenters. The van der Waals surface area contributed by atoms with Crippen LogP contribution in [0.5, 0.6) is 0 Å². The summed E-state index contributed by atoms with van der Waals surface area (Å²) in [5, 5.41) is 2.70. The standard InChI is InChI=1S/C23H40N2O5/c1-12-23(9,10)18(24-21(28)30-22(6,7)8)19(26)25(11)17(15(3)4)14-16(5)20(27)29-13-2/h12,14-15,17-18H,1,13H2,2-11H3,(H,24,28)/t17-,18-/m1/s1. The monoisotopic (exact) mass is 424 g/mol. The summed E-state index contributed by atoms with van der Waals surface area (Å²) in [6.07, 6.45) is 2.68. The molecule has 0 unspecified atom stereocenters. The number of hydrogen-bond acceptors (Lipinski definition) is 5. The number of ether oxygens (including phenoxy) is 2. The van der Waals surface area contributed by atoms with Gasteiger partial charge in [-0.05, 0) is 40.5 Å². The zero-order valence-electron chi connectivity index (χ0n) is 20.3. The third-order valence-electron chi connectivity index (χ3n) is 4.67. The van der Waals surface area contributed by atoms with Gasteiger partial charge in [0.15, 0.2) is 0 Å². The van der Waals surface area contributed by atoms with Crippen molar-refractivity contribution in [3.8, 4) is 0 Å². The van der Waals surface area contributed by atoms with Gasteiger partial charge in [0, 0.05) is 18.0 Å². The molecule has 0 aromatic carbocycles. The second-order valence-corrected chi connectivity index (χ2v) is 9.36. The zero-order valence-corrected chi connectivity index (χ0v) is 20.3. The molecule has 30 heavy (non-hydrogen) atoms. The molecule has 1 N–H and O–H groups in total. The number of rotatable bonds is 9. The predicted octanol–water partition coefficient (Wildman–Crippen LogP) is 4.08. The molecule has 0 radical (unpaired) electrons. The number of amides is 2. The first-order chi connectivity index (χ1) is 13.6. The summed E-state index contributed by atoms with van der Waals surface area (Å²) in [6.45, 7) is 20.3. The Morgan fingerprint density at radius 3 is 2.07 bits per heavy atom. The van der Waals surface area contributed by atoms with Gasteiger partial charge in [-0.15, -0.1) is 6.58 Å². The molecule has 0 aliphatic heterocycles. The molecule has 0 heterocycles. The molecule has 0 saturated heterocycles. The Morgan fingerprint density at radius 2 is 1.67 bits per heavy atom. The summed E-state index contributed by atoms with van der Waals surface area (Å²) in [5.74, 6) is -0.700. The number of likely N-dealkylation sites (N-methyl/N-ethyl adjacent to an activating group) is 1. The Hall–Kier alpha value is -2.31. The summed E-state index contributed by atoms with van der Waals surface area (Å²) in [5.41, 5.74) is -0.999. The smallest absolute Gasteiger partial charge is 0.408 e. The summed E-state index contributed by atoms with van der Waals surface area (Å²) in [6, 6.07) is -1.27. The molecular formula is C23H40N2O5. The minimum Gasteiger partial charge on any atom is -0.463 e. The minimum absolute atomic E-state index is 0.0253. The van der Waals surface area contributed by atoms with E-state index in [1.807, 2.05) is 27.7 Å². The van der Waals surface area contributed by atoms with Gasteiger partial charge in [0.05, 0.1) is 12.6 Å². The van der Waals surface area contributed by atoms with Crippen molar-refractivity contribution in [2.75, 3.05) is 13.7 Å². The summed E-state index contributed by atoms with van der Waals surface area (Å²) in [4.78, 5) is 39.4. The molecule has 0 aliphatic rings. The number of nitrogens with zero attached hydrogens (tertiary/aromatic N) is 1. The number of carbonyl (C=O) groups excluding carboxylic acids is 3. The van der Waals surface area contributed by atoms with E-state index >= 15 is 0 Å². The maximum absolute atomic E-state index is 13.4. The quantitative estimate of drug-likeness (QED) is 0.342. The average Bonchev–Trinajstić information content (AvgIpc) is 2.61. The van der Waals surface area contributed by atoms with Gasteiger partial charge in [0.2, 0.25) is 5.91 Å². The van der Waals surface area contributed by atoms with Gasteiger partial charge >= 0.3 is 12.1 Å². The molecule has 0 fully saturated rings. The lowest BCUT2D eigenvalue weighted by molar-refractivity contribution is -0.139. The van der Waals surface area contributed by atoms with Crippen LogP contribution in [0.3, 0.4) is 0 Å². The Kier molecular flexibility index (Phi) is 10.3. The number of alkyl carbamates (subject to hydrolysis) is 1. The molecule has 0 saturated carbocycles. The first-order valence-electron chi connectivity index (χ1n) is 10.3. The third-order valence-corrected chi connectivity index (χ3v) is 4.67. The van der Waals surface area contributed by atoms with Crippen LogP contribution in [-0.4, -0.2) is 54.2 Å². The summed E-state index contributed by atoms with van der Waals surface area (Å²) < 4.78 is 10.4. The van der Waals surface area contributed by atoms with Crippen molar-refractivity contribution in [3.63, 3.8) is 0 Å². The summed E-state index contributed by atoms with van der Waals surface area (Å²) >= 11 is 0. The van der Waals surface area contributed by atoms with Crippen molar-refractivity contribution in [2.45, 2.75) is 80.0 Å². The van der Waals surface area contributed by atoms with Crippen LogP contribution in [0.25, 0.3) is 0 Å². The van der Waals surface area contributed by atoms with E-state index in [-0.39, 0.29) is 24.5 Å². The number of esters is 1. The van der Waals surface area contributed by atoms with E-state index in [9.17, 15) is 14.4 Å². The van der Waals surface area contributed by atoms with Crippen LogP contribution in [0, 0.1) is 11.3 Å². The van der Waals surface area contributed by atoms with Crippen LogP contribution in [0.2, 0.25) is 0 Å². The van der Waals surface area contributed by atoms with Crippen LogP contribution in [0.1, 0.15) is 62.3 Å². The van der Waals surface area contributed by atoms with Crippen LogP contribution in [0.4, 0.5) is 4.79 Å².